The summed E-state index contributed by atoms with van der Waals surface area (Å²) in [5, 5.41) is 1.05. The van der Waals surface area contributed by atoms with Crippen molar-refractivity contribution in [1.29, 1.82) is 0 Å². The zero-order chi connectivity index (χ0) is 11.1. The molecule has 0 bridgehead atoms. The van der Waals surface area contributed by atoms with Crippen LogP contribution in [0.3, 0.4) is 0 Å². The second kappa shape index (κ2) is 4.73. The number of hydrogen-bond donors (Lipinski definition) is 2. The van der Waals surface area contributed by atoms with Gasteiger partial charge < -0.3 is 5.73 Å². The maximum atomic E-state index is 11.1. The summed E-state index contributed by atoms with van der Waals surface area (Å²) < 4.78 is 31.2. The number of hydrogen-bond acceptors (Lipinski definition) is 3. The van der Waals surface area contributed by atoms with Crippen molar-refractivity contribution in [2.24, 2.45) is 0 Å². The first-order valence-corrected chi connectivity index (χ1v) is 5.69. The Morgan fingerprint density at radius 3 is 2.19 bits per heavy atom. The Kier molecular flexibility index (Phi) is 3.98. The fourth-order valence-corrected chi connectivity index (χ4v) is 2.29. The summed E-state index contributed by atoms with van der Waals surface area (Å²) in [6, 6.07) is 9.68. The van der Waals surface area contributed by atoms with E-state index in [1.165, 1.54) is 6.07 Å². The second-order valence-corrected chi connectivity index (χ2v) is 4.57. The van der Waals surface area contributed by atoms with Crippen molar-refractivity contribution >= 4 is 56.1 Å². The molecule has 0 saturated heterocycles. The van der Waals surface area contributed by atoms with E-state index in [0.717, 1.165) is 0 Å². The molecule has 80 valence electrons. The molecule has 0 spiro atoms. The van der Waals surface area contributed by atoms with E-state index in [-0.39, 0.29) is 34.5 Å². The number of fused-ring (bicyclic) bond motifs is 1. The van der Waals surface area contributed by atoms with Crippen LogP contribution in [0.1, 0.15) is 0 Å². The third-order valence-electron chi connectivity index (χ3n) is 2.18. The van der Waals surface area contributed by atoms with Gasteiger partial charge in [0.2, 0.25) is 0 Å². The molecule has 0 aliphatic heterocycles. The van der Waals surface area contributed by atoms with Crippen LogP contribution in [0.15, 0.2) is 41.3 Å². The SMILES string of the molecule is Nc1cccc2cccc(S(=O)(=O)O)c12.[NaH]. The van der Waals surface area contributed by atoms with Gasteiger partial charge in [0, 0.05) is 11.1 Å². The number of anilines is 1. The molecule has 0 aromatic heterocycles. The molecule has 3 N–H and O–H groups in total. The summed E-state index contributed by atoms with van der Waals surface area (Å²) in [5.74, 6) is 0. The monoisotopic (exact) mass is 247 g/mol. The van der Waals surface area contributed by atoms with Crippen LogP contribution < -0.4 is 5.73 Å². The summed E-state index contributed by atoms with van der Waals surface area (Å²) >= 11 is 0. The molecule has 4 nitrogen and oxygen atoms in total. The third kappa shape index (κ3) is 2.39. The molecule has 2 aromatic carbocycles. The van der Waals surface area contributed by atoms with Crippen molar-refractivity contribution in [1.82, 2.24) is 0 Å². The second-order valence-electron chi connectivity index (χ2n) is 3.18. The average Bonchev–Trinajstić information content (AvgIpc) is 2.16. The Balaban J connectivity index is 0.00000128. The van der Waals surface area contributed by atoms with Crippen molar-refractivity contribution in [2.75, 3.05) is 5.73 Å². The molecule has 2 aromatic rings. The Morgan fingerprint density at radius 1 is 1.06 bits per heavy atom. The quantitative estimate of drug-likeness (QED) is 0.448. The number of benzene rings is 2. The summed E-state index contributed by atoms with van der Waals surface area (Å²) in [4.78, 5) is -0.155. The van der Waals surface area contributed by atoms with Crippen LogP contribution in [0.25, 0.3) is 10.8 Å². The van der Waals surface area contributed by atoms with Crippen LogP contribution in [0.5, 0.6) is 0 Å². The van der Waals surface area contributed by atoms with Gasteiger partial charge in [0.15, 0.2) is 0 Å². The van der Waals surface area contributed by atoms with E-state index in [1.807, 2.05) is 0 Å². The van der Waals surface area contributed by atoms with Gasteiger partial charge in [-0.3, -0.25) is 4.55 Å². The molecule has 0 radical (unpaired) electrons. The van der Waals surface area contributed by atoms with E-state index in [0.29, 0.717) is 16.5 Å². The summed E-state index contributed by atoms with van der Waals surface area (Å²) in [6.07, 6.45) is 0. The molecular weight excluding hydrogens is 237 g/mol. The van der Waals surface area contributed by atoms with Crippen LogP contribution >= 0.6 is 0 Å². The first kappa shape index (κ1) is 13.5. The van der Waals surface area contributed by atoms with Crippen molar-refractivity contribution in [2.45, 2.75) is 4.90 Å². The van der Waals surface area contributed by atoms with Gasteiger partial charge in [-0.25, -0.2) is 0 Å². The predicted molar refractivity (Wildman–Crippen MR) is 65.3 cm³/mol. The van der Waals surface area contributed by atoms with E-state index in [1.54, 1.807) is 30.3 Å². The summed E-state index contributed by atoms with van der Waals surface area (Å²) in [7, 11) is -4.23. The molecule has 0 amide bonds. The van der Waals surface area contributed by atoms with Gasteiger partial charge in [-0.05, 0) is 17.5 Å². The molecule has 0 aliphatic rings. The van der Waals surface area contributed by atoms with E-state index < -0.39 is 10.1 Å². The van der Waals surface area contributed by atoms with Gasteiger partial charge in [0.25, 0.3) is 10.1 Å². The Hall–Kier alpha value is -0.590. The number of nitrogens with two attached hydrogens (primary N) is 1. The van der Waals surface area contributed by atoms with Gasteiger partial charge in [-0.15, -0.1) is 0 Å². The first-order valence-electron chi connectivity index (χ1n) is 4.25. The zero-order valence-corrected chi connectivity index (χ0v) is 8.53. The van der Waals surface area contributed by atoms with Crippen LogP contribution in [-0.4, -0.2) is 42.5 Å². The van der Waals surface area contributed by atoms with Crippen LogP contribution in [-0.2, 0) is 10.1 Å². The third-order valence-corrected chi connectivity index (χ3v) is 3.07. The topological polar surface area (TPSA) is 80.4 Å². The van der Waals surface area contributed by atoms with E-state index in [9.17, 15) is 8.42 Å². The summed E-state index contributed by atoms with van der Waals surface area (Å²) in [5.41, 5.74) is 6.01. The van der Waals surface area contributed by atoms with Crippen molar-refractivity contribution in [3.05, 3.63) is 36.4 Å². The van der Waals surface area contributed by atoms with Crippen LogP contribution in [0, 0.1) is 0 Å². The fraction of sp³-hybridized carbons (Fsp3) is 0. The Bertz CT molecular complexity index is 620. The van der Waals surface area contributed by atoms with Crippen molar-refractivity contribution in [3.63, 3.8) is 0 Å². The van der Waals surface area contributed by atoms with E-state index >= 15 is 0 Å². The standard InChI is InChI=1S/C10H9NO3S.Na.H/c11-8-5-1-3-7-4-2-6-9(10(7)8)15(12,13)14;;/h1-6H,11H2,(H,12,13,14);;. The Labute approximate surface area is 115 Å². The van der Waals surface area contributed by atoms with Gasteiger partial charge >= 0.3 is 29.6 Å². The molecular formula is C10H10NNaO3S. The fourth-order valence-electron chi connectivity index (χ4n) is 1.55. The van der Waals surface area contributed by atoms with Crippen molar-refractivity contribution < 1.29 is 13.0 Å². The molecule has 0 saturated carbocycles. The maximum absolute atomic E-state index is 11.1. The average molecular weight is 247 g/mol. The van der Waals surface area contributed by atoms with Gasteiger partial charge in [-0.1, -0.05) is 24.3 Å². The zero-order valence-electron chi connectivity index (χ0n) is 7.71. The molecule has 0 aliphatic carbocycles. The van der Waals surface area contributed by atoms with Crippen LogP contribution in [0.2, 0.25) is 0 Å². The van der Waals surface area contributed by atoms with Gasteiger partial charge in [0.1, 0.15) is 4.90 Å². The molecule has 0 fully saturated rings. The molecule has 0 unspecified atom stereocenters. The van der Waals surface area contributed by atoms with Gasteiger partial charge in [-0.2, -0.15) is 8.42 Å². The minimum atomic E-state index is -4.23. The molecule has 2 rings (SSSR count). The molecule has 16 heavy (non-hydrogen) atoms. The van der Waals surface area contributed by atoms with Crippen LogP contribution in [0.4, 0.5) is 5.69 Å². The molecule has 6 heteroatoms. The summed E-state index contributed by atoms with van der Waals surface area (Å²) in [6.45, 7) is 0. The molecule has 0 heterocycles. The predicted octanol–water partition coefficient (Wildman–Crippen LogP) is 1.02. The van der Waals surface area contributed by atoms with E-state index in [4.69, 9.17) is 10.3 Å². The Morgan fingerprint density at radius 2 is 1.62 bits per heavy atom. The first-order chi connectivity index (χ1) is 7.00. The number of rotatable bonds is 1. The minimum absolute atomic E-state index is 0. The van der Waals surface area contributed by atoms with Gasteiger partial charge in [0.05, 0.1) is 0 Å². The normalized spacial score (nSPS) is 11.1. The van der Waals surface area contributed by atoms with E-state index in [2.05, 4.69) is 0 Å². The molecule has 0 atom stereocenters. The van der Waals surface area contributed by atoms with Crippen molar-refractivity contribution in [3.8, 4) is 0 Å². The number of nitrogen functional groups attached to an aromatic ring is 1.